The summed E-state index contributed by atoms with van der Waals surface area (Å²) < 4.78 is 0. The van der Waals surface area contributed by atoms with Gasteiger partial charge < -0.3 is 5.32 Å². The molecule has 2 aromatic carbocycles. The number of hydrogen-bond donors (Lipinski definition) is 1. The highest BCUT2D eigenvalue weighted by atomic mass is 35.5. The summed E-state index contributed by atoms with van der Waals surface area (Å²) in [6.07, 6.45) is 3.73. The van der Waals surface area contributed by atoms with E-state index in [9.17, 15) is 4.79 Å². The Morgan fingerprint density at radius 3 is 2.69 bits per heavy atom. The molecule has 0 fully saturated rings. The van der Waals surface area contributed by atoms with E-state index >= 15 is 0 Å². The Labute approximate surface area is 161 Å². The first-order chi connectivity index (χ1) is 12.6. The van der Waals surface area contributed by atoms with Gasteiger partial charge in [-0.05, 0) is 43.0 Å². The zero-order valence-electron chi connectivity index (χ0n) is 14.1. The second kappa shape index (κ2) is 7.22. The molecule has 0 spiro atoms. The zero-order chi connectivity index (χ0) is 18.1. The minimum absolute atomic E-state index is 0.0843. The highest BCUT2D eigenvalue weighted by molar-refractivity contribution is 6.42. The number of Topliss-reactive ketones (excluding diaryl/α,β-unsaturated/α-hetero) is 1. The monoisotopic (exact) mass is 385 g/mol. The third-order valence-electron chi connectivity index (χ3n) is 4.59. The predicted octanol–water partition coefficient (Wildman–Crippen LogP) is 5.11. The normalized spacial score (nSPS) is 13.1. The molecule has 0 amide bonds. The first-order valence-electron chi connectivity index (χ1n) is 8.62. The van der Waals surface area contributed by atoms with E-state index < -0.39 is 0 Å². The summed E-state index contributed by atoms with van der Waals surface area (Å²) in [5.74, 6) is 1.66. The van der Waals surface area contributed by atoms with Crippen molar-refractivity contribution < 1.29 is 4.79 Å². The molecule has 1 aliphatic rings. The number of benzene rings is 2. The van der Waals surface area contributed by atoms with Crippen LogP contribution in [0.15, 0.2) is 36.4 Å². The standard InChI is InChI=1S/C20H17Cl2N3O/c21-14-9-8-12(10-15(14)22)4-1-2-7-18-24-16-6-3-5-13-17(26)11-23-20(25-18)19(13)16/h3,5-6,8-10H,1-2,4,7,11H2,(H,23,24,25). The molecule has 0 saturated carbocycles. The van der Waals surface area contributed by atoms with Gasteiger partial charge in [-0.3, -0.25) is 4.79 Å². The quantitative estimate of drug-likeness (QED) is 0.619. The SMILES string of the molecule is O=C1CNc2nc(CCCCc3ccc(Cl)c(Cl)c3)nc3cccc1c23. The number of ketones is 1. The smallest absolute Gasteiger partial charge is 0.182 e. The van der Waals surface area contributed by atoms with E-state index in [1.54, 1.807) is 0 Å². The van der Waals surface area contributed by atoms with Crippen LogP contribution >= 0.6 is 23.2 Å². The lowest BCUT2D eigenvalue weighted by Gasteiger charge is -2.17. The molecule has 0 unspecified atom stereocenters. The van der Waals surface area contributed by atoms with Crippen LogP contribution in [0, 0.1) is 0 Å². The number of aryl methyl sites for hydroxylation is 2. The van der Waals surface area contributed by atoms with Crippen molar-refractivity contribution in [2.75, 3.05) is 11.9 Å². The third kappa shape index (κ3) is 3.39. The maximum Gasteiger partial charge on any atom is 0.182 e. The lowest BCUT2D eigenvalue weighted by molar-refractivity contribution is 0.101. The predicted molar refractivity (Wildman–Crippen MR) is 105 cm³/mol. The van der Waals surface area contributed by atoms with E-state index in [1.165, 1.54) is 5.56 Å². The number of nitrogens with one attached hydrogen (secondary N) is 1. The van der Waals surface area contributed by atoms with Crippen LogP contribution in [0.2, 0.25) is 10.0 Å². The van der Waals surface area contributed by atoms with Gasteiger partial charge in [0, 0.05) is 12.0 Å². The van der Waals surface area contributed by atoms with Gasteiger partial charge in [0.1, 0.15) is 11.6 Å². The highest BCUT2D eigenvalue weighted by Crippen LogP contribution is 2.28. The van der Waals surface area contributed by atoms with Crippen LogP contribution in [0.5, 0.6) is 0 Å². The van der Waals surface area contributed by atoms with Gasteiger partial charge >= 0.3 is 0 Å². The van der Waals surface area contributed by atoms with Crippen molar-refractivity contribution in [1.82, 2.24) is 9.97 Å². The molecule has 4 nitrogen and oxygen atoms in total. The van der Waals surface area contributed by atoms with Gasteiger partial charge in [-0.25, -0.2) is 9.97 Å². The summed E-state index contributed by atoms with van der Waals surface area (Å²) in [6.45, 7) is 0.292. The van der Waals surface area contributed by atoms with E-state index in [1.807, 2.05) is 36.4 Å². The van der Waals surface area contributed by atoms with Crippen molar-refractivity contribution in [3.63, 3.8) is 0 Å². The van der Waals surface area contributed by atoms with Gasteiger partial charge in [0.2, 0.25) is 0 Å². The van der Waals surface area contributed by atoms with Crippen LogP contribution in [0.25, 0.3) is 10.9 Å². The number of halogens is 2. The lowest BCUT2D eigenvalue weighted by atomic mass is 10.0. The van der Waals surface area contributed by atoms with Crippen LogP contribution in [-0.2, 0) is 12.8 Å². The van der Waals surface area contributed by atoms with Crippen molar-refractivity contribution in [1.29, 1.82) is 0 Å². The van der Waals surface area contributed by atoms with E-state index in [0.717, 1.165) is 48.2 Å². The van der Waals surface area contributed by atoms with Crippen molar-refractivity contribution in [2.45, 2.75) is 25.7 Å². The number of hydrogen-bond acceptors (Lipinski definition) is 4. The minimum atomic E-state index is 0.0843. The van der Waals surface area contributed by atoms with Gasteiger partial charge in [0.05, 0.1) is 27.5 Å². The lowest BCUT2D eigenvalue weighted by Crippen LogP contribution is -2.21. The summed E-state index contributed by atoms with van der Waals surface area (Å²) in [5, 5.41) is 5.13. The number of nitrogens with zero attached hydrogens (tertiary/aromatic N) is 2. The second-order valence-electron chi connectivity index (χ2n) is 6.42. The Morgan fingerprint density at radius 2 is 1.85 bits per heavy atom. The largest absolute Gasteiger partial charge is 0.362 e. The molecule has 0 radical (unpaired) electrons. The molecule has 3 aromatic rings. The van der Waals surface area contributed by atoms with Gasteiger partial charge in [0.25, 0.3) is 0 Å². The number of aromatic nitrogens is 2. The van der Waals surface area contributed by atoms with Crippen molar-refractivity contribution >= 4 is 45.7 Å². The van der Waals surface area contributed by atoms with Gasteiger partial charge in [-0.2, -0.15) is 0 Å². The minimum Gasteiger partial charge on any atom is -0.362 e. The zero-order valence-corrected chi connectivity index (χ0v) is 15.6. The Bertz CT molecular complexity index is 1000. The first kappa shape index (κ1) is 17.3. The molecule has 132 valence electrons. The summed E-state index contributed by atoms with van der Waals surface area (Å²) >= 11 is 12.0. The van der Waals surface area contributed by atoms with Crippen LogP contribution < -0.4 is 5.32 Å². The average molecular weight is 386 g/mol. The van der Waals surface area contributed by atoms with Crippen LogP contribution in [-0.4, -0.2) is 22.3 Å². The number of anilines is 1. The van der Waals surface area contributed by atoms with Gasteiger partial charge in [0.15, 0.2) is 5.78 Å². The van der Waals surface area contributed by atoms with E-state index in [2.05, 4.69) is 15.3 Å². The summed E-state index contributed by atoms with van der Waals surface area (Å²) in [7, 11) is 0. The Hall–Kier alpha value is -2.17. The van der Waals surface area contributed by atoms with Crippen LogP contribution in [0.3, 0.4) is 0 Å². The van der Waals surface area contributed by atoms with Crippen LogP contribution in [0.4, 0.5) is 5.82 Å². The summed E-state index contributed by atoms with van der Waals surface area (Å²) in [4.78, 5) is 21.3. The maximum atomic E-state index is 12.0. The molecule has 0 bridgehead atoms. The van der Waals surface area contributed by atoms with E-state index in [0.29, 0.717) is 22.2 Å². The molecular weight excluding hydrogens is 369 g/mol. The molecule has 1 N–H and O–H groups in total. The van der Waals surface area contributed by atoms with E-state index in [-0.39, 0.29) is 5.78 Å². The van der Waals surface area contributed by atoms with Gasteiger partial charge in [-0.1, -0.05) is 41.4 Å². The summed E-state index contributed by atoms with van der Waals surface area (Å²) in [6, 6.07) is 11.4. The molecule has 0 saturated heterocycles. The molecule has 6 heteroatoms. The average Bonchev–Trinajstić information content (AvgIpc) is 2.64. The fourth-order valence-corrected chi connectivity index (χ4v) is 3.59. The first-order valence-corrected chi connectivity index (χ1v) is 9.38. The van der Waals surface area contributed by atoms with Crippen molar-refractivity contribution in [3.05, 3.63) is 63.4 Å². The Kier molecular flexibility index (Phi) is 4.79. The van der Waals surface area contributed by atoms with E-state index in [4.69, 9.17) is 23.2 Å². The number of carbonyl (C=O) groups excluding carboxylic acids is 1. The highest BCUT2D eigenvalue weighted by Gasteiger charge is 2.20. The molecular formula is C20H17Cl2N3O. The van der Waals surface area contributed by atoms with Gasteiger partial charge in [-0.15, -0.1) is 0 Å². The van der Waals surface area contributed by atoms with Crippen molar-refractivity contribution in [2.24, 2.45) is 0 Å². The van der Waals surface area contributed by atoms with Crippen molar-refractivity contribution in [3.8, 4) is 0 Å². The third-order valence-corrected chi connectivity index (χ3v) is 5.33. The number of unbranched alkanes of at least 4 members (excludes halogenated alkanes) is 1. The second-order valence-corrected chi connectivity index (χ2v) is 7.23. The maximum absolute atomic E-state index is 12.0. The Morgan fingerprint density at radius 1 is 1.00 bits per heavy atom. The molecule has 4 rings (SSSR count). The molecule has 1 aromatic heterocycles. The molecule has 2 heterocycles. The Balaban J connectivity index is 1.45. The van der Waals surface area contributed by atoms with Crippen LogP contribution in [0.1, 0.15) is 34.6 Å². The molecule has 0 aliphatic carbocycles. The molecule has 1 aliphatic heterocycles. The molecule has 0 atom stereocenters. The summed E-state index contributed by atoms with van der Waals surface area (Å²) in [5.41, 5.74) is 2.72. The number of rotatable bonds is 5. The fourth-order valence-electron chi connectivity index (χ4n) is 3.27. The topological polar surface area (TPSA) is 54.9 Å². The molecule has 26 heavy (non-hydrogen) atoms. The fraction of sp³-hybridized carbons (Fsp3) is 0.250. The number of carbonyl (C=O) groups is 1.